The molecule has 0 spiro atoms. The standard InChI is InChI=1S/C20H18F4N2OS/c1-10-6-13(9-15(21)17(10)19(25)27)18-11(2)26-16(28-18)8-12-4-3-5-14(7-12)20(22,23)24/h3-7,9,11,18H,8H2,1-2H3,(H2,25,27). The molecule has 0 radical (unpaired) electrons. The number of thioether (sulfide) groups is 1. The molecule has 0 fully saturated rings. The second-order valence-corrected chi connectivity index (χ2v) is 7.95. The van der Waals surface area contributed by atoms with E-state index >= 15 is 0 Å². The summed E-state index contributed by atoms with van der Waals surface area (Å²) < 4.78 is 53.0. The first-order valence-corrected chi connectivity index (χ1v) is 9.43. The lowest BCUT2D eigenvalue weighted by Gasteiger charge is -2.16. The Bertz CT molecular complexity index is 932. The first-order valence-electron chi connectivity index (χ1n) is 8.55. The molecule has 0 saturated carbocycles. The maximum atomic E-state index is 14.3. The number of halogens is 4. The number of hydrogen-bond donors (Lipinski definition) is 1. The molecule has 0 bridgehead atoms. The van der Waals surface area contributed by atoms with Gasteiger partial charge in [-0.05, 0) is 42.7 Å². The van der Waals surface area contributed by atoms with Crippen molar-refractivity contribution in [3.05, 3.63) is 70.0 Å². The molecule has 2 N–H and O–H groups in total. The first-order chi connectivity index (χ1) is 13.1. The van der Waals surface area contributed by atoms with E-state index in [1.165, 1.54) is 23.9 Å². The van der Waals surface area contributed by atoms with Crippen molar-refractivity contribution in [1.29, 1.82) is 0 Å². The fourth-order valence-electron chi connectivity index (χ4n) is 3.28. The van der Waals surface area contributed by atoms with Crippen LogP contribution in [0, 0.1) is 12.7 Å². The number of nitrogens with two attached hydrogens (primary N) is 1. The van der Waals surface area contributed by atoms with Crippen LogP contribution in [0.15, 0.2) is 41.4 Å². The molecule has 0 aliphatic carbocycles. The van der Waals surface area contributed by atoms with E-state index in [-0.39, 0.29) is 23.3 Å². The van der Waals surface area contributed by atoms with Gasteiger partial charge in [0.15, 0.2) is 0 Å². The van der Waals surface area contributed by atoms with E-state index in [0.717, 1.165) is 12.1 Å². The van der Waals surface area contributed by atoms with Crippen molar-refractivity contribution in [2.45, 2.75) is 37.7 Å². The van der Waals surface area contributed by atoms with E-state index in [1.54, 1.807) is 19.1 Å². The highest BCUT2D eigenvalue weighted by Crippen LogP contribution is 2.42. The zero-order valence-electron chi connectivity index (χ0n) is 15.2. The van der Waals surface area contributed by atoms with Gasteiger partial charge in [-0.1, -0.05) is 24.3 Å². The summed E-state index contributed by atoms with van der Waals surface area (Å²) in [7, 11) is 0. The zero-order chi connectivity index (χ0) is 20.6. The Hall–Kier alpha value is -2.35. The minimum absolute atomic E-state index is 0.135. The number of amides is 1. The molecule has 2 aromatic carbocycles. The monoisotopic (exact) mass is 410 g/mol. The Morgan fingerprint density at radius 3 is 2.57 bits per heavy atom. The van der Waals surface area contributed by atoms with Crippen LogP contribution in [0.25, 0.3) is 0 Å². The van der Waals surface area contributed by atoms with Crippen molar-refractivity contribution < 1.29 is 22.4 Å². The maximum absolute atomic E-state index is 14.3. The van der Waals surface area contributed by atoms with Gasteiger partial charge < -0.3 is 5.73 Å². The fourth-order valence-corrected chi connectivity index (χ4v) is 4.58. The quantitative estimate of drug-likeness (QED) is 0.716. The molecule has 3 nitrogen and oxygen atoms in total. The molecule has 1 aliphatic rings. The van der Waals surface area contributed by atoms with Gasteiger partial charge in [-0.15, -0.1) is 11.8 Å². The number of rotatable bonds is 4. The van der Waals surface area contributed by atoms with E-state index in [0.29, 0.717) is 21.7 Å². The summed E-state index contributed by atoms with van der Waals surface area (Å²) in [6.45, 7) is 3.48. The molecule has 1 amide bonds. The van der Waals surface area contributed by atoms with Gasteiger partial charge in [0.25, 0.3) is 5.91 Å². The minimum Gasteiger partial charge on any atom is -0.365 e. The summed E-state index contributed by atoms with van der Waals surface area (Å²) in [5.74, 6) is -1.50. The highest BCUT2D eigenvalue weighted by Gasteiger charge is 2.32. The predicted octanol–water partition coefficient (Wildman–Crippen LogP) is 5.07. The van der Waals surface area contributed by atoms with Gasteiger partial charge in [0.05, 0.1) is 27.5 Å². The largest absolute Gasteiger partial charge is 0.416 e. The highest BCUT2D eigenvalue weighted by atomic mass is 32.2. The lowest BCUT2D eigenvalue weighted by molar-refractivity contribution is -0.137. The third-order valence-electron chi connectivity index (χ3n) is 4.54. The first kappa shape index (κ1) is 20.4. The summed E-state index contributed by atoms with van der Waals surface area (Å²) >= 11 is 1.40. The zero-order valence-corrected chi connectivity index (χ0v) is 16.0. The van der Waals surface area contributed by atoms with Crippen molar-refractivity contribution in [2.75, 3.05) is 0 Å². The van der Waals surface area contributed by atoms with Gasteiger partial charge in [-0.2, -0.15) is 13.2 Å². The van der Waals surface area contributed by atoms with E-state index in [4.69, 9.17) is 5.73 Å². The molecule has 0 saturated heterocycles. The third-order valence-corrected chi connectivity index (χ3v) is 5.98. The van der Waals surface area contributed by atoms with Crippen LogP contribution < -0.4 is 5.73 Å². The summed E-state index contributed by atoms with van der Waals surface area (Å²) in [6, 6.07) is 7.97. The third kappa shape index (κ3) is 4.22. The summed E-state index contributed by atoms with van der Waals surface area (Å²) in [5.41, 5.74) is 6.01. The molecule has 8 heteroatoms. The molecule has 0 aromatic heterocycles. The topological polar surface area (TPSA) is 55.4 Å². The van der Waals surface area contributed by atoms with E-state index in [1.807, 2.05) is 6.92 Å². The normalized spacial score (nSPS) is 19.6. The van der Waals surface area contributed by atoms with E-state index < -0.39 is 23.5 Å². The number of alkyl halides is 3. The highest BCUT2D eigenvalue weighted by molar-refractivity contribution is 8.14. The van der Waals surface area contributed by atoms with Gasteiger partial charge >= 0.3 is 6.18 Å². The molecule has 148 valence electrons. The van der Waals surface area contributed by atoms with Crippen LogP contribution in [-0.4, -0.2) is 17.0 Å². The lowest BCUT2D eigenvalue weighted by Crippen LogP contribution is -2.16. The number of benzene rings is 2. The van der Waals surface area contributed by atoms with Gasteiger partial charge in [0, 0.05) is 6.42 Å². The number of aryl methyl sites for hydroxylation is 1. The molecule has 3 rings (SSSR count). The van der Waals surface area contributed by atoms with Crippen LogP contribution in [0.2, 0.25) is 0 Å². The number of aliphatic imine (C=N–C) groups is 1. The Morgan fingerprint density at radius 2 is 1.96 bits per heavy atom. The van der Waals surface area contributed by atoms with Crippen molar-refractivity contribution in [1.82, 2.24) is 0 Å². The molecular weight excluding hydrogens is 392 g/mol. The molecule has 28 heavy (non-hydrogen) atoms. The van der Waals surface area contributed by atoms with Crippen LogP contribution in [0.5, 0.6) is 0 Å². The molecule has 2 atom stereocenters. The molecule has 2 aromatic rings. The van der Waals surface area contributed by atoms with E-state index in [2.05, 4.69) is 4.99 Å². The van der Waals surface area contributed by atoms with Crippen LogP contribution in [0.3, 0.4) is 0 Å². The van der Waals surface area contributed by atoms with Gasteiger partial charge in [-0.25, -0.2) is 4.39 Å². The van der Waals surface area contributed by atoms with Gasteiger partial charge in [-0.3, -0.25) is 9.79 Å². The van der Waals surface area contributed by atoms with Crippen LogP contribution >= 0.6 is 11.8 Å². The van der Waals surface area contributed by atoms with E-state index in [9.17, 15) is 22.4 Å². The fraction of sp³-hybridized carbons (Fsp3) is 0.300. The Morgan fingerprint density at radius 1 is 1.25 bits per heavy atom. The molecule has 2 unspecified atom stereocenters. The number of carbonyl (C=O) groups excluding carboxylic acids is 1. The maximum Gasteiger partial charge on any atom is 0.416 e. The van der Waals surface area contributed by atoms with Crippen molar-refractivity contribution in [2.24, 2.45) is 10.7 Å². The van der Waals surface area contributed by atoms with Crippen LogP contribution in [-0.2, 0) is 12.6 Å². The second kappa shape index (κ2) is 7.58. The lowest BCUT2D eigenvalue weighted by atomic mass is 9.99. The smallest absolute Gasteiger partial charge is 0.365 e. The van der Waals surface area contributed by atoms with Crippen LogP contribution in [0.4, 0.5) is 17.6 Å². The Kier molecular flexibility index (Phi) is 5.52. The molecular formula is C20H18F4N2OS. The van der Waals surface area contributed by atoms with Crippen molar-refractivity contribution in [3.8, 4) is 0 Å². The van der Waals surface area contributed by atoms with Gasteiger partial charge in [0.2, 0.25) is 0 Å². The Labute approximate surface area is 164 Å². The van der Waals surface area contributed by atoms with Crippen LogP contribution in [0.1, 0.15) is 44.8 Å². The minimum atomic E-state index is -4.40. The molecule has 1 aliphatic heterocycles. The second-order valence-electron chi connectivity index (χ2n) is 6.74. The number of hydrogen-bond acceptors (Lipinski definition) is 3. The number of primary amides is 1. The molecule has 1 heterocycles. The SMILES string of the molecule is Cc1cc(C2SC(Cc3cccc(C(F)(F)F)c3)=NC2C)cc(F)c1C(N)=O. The number of carbonyl (C=O) groups is 1. The summed E-state index contributed by atoms with van der Waals surface area (Å²) in [4.78, 5) is 15.9. The number of nitrogens with zero attached hydrogens (tertiary/aromatic N) is 1. The van der Waals surface area contributed by atoms with Crippen molar-refractivity contribution >= 4 is 22.7 Å². The average Bonchev–Trinajstić information content (AvgIpc) is 2.93. The van der Waals surface area contributed by atoms with Crippen molar-refractivity contribution in [3.63, 3.8) is 0 Å². The predicted molar refractivity (Wildman–Crippen MR) is 102 cm³/mol. The Balaban J connectivity index is 1.80. The van der Waals surface area contributed by atoms with Gasteiger partial charge in [0.1, 0.15) is 5.82 Å². The summed E-state index contributed by atoms with van der Waals surface area (Å²) in [6.07, 6.45) is -4.12. The summed E-state index contributed by atoms with van der Waals surface area (Å²) in [5, 5.41) is 0.504. The average molecular weight is 410 g/mol.